The molecular weight excluding hydrogens is 435 g/mol. The maximum absolute atomic E-state index is 13.1. The zero-order valence-electron chi connectivity index (χ0n) is 18.8. The molecule has 2 aliphatic heterocycles. The molecule has 1 fully saturated rings. The summed E-state index contributed by atoms with van der Waals surface area (Å²) in [5, 5.41) is 12.0. The lowest BCUT2D eigenvalue weighted by Gasteiger charge is -2.36. The van der Waals surface area contributed by atoms with Crippen LogP contribution in [-0.2, 0) is 0 Å². The summed E-state index contributed by atoms with van der Waals surface area (Å²) < 4.78 is 18.5. The summed E-state index contributed by atoms with van der Waals surface area (Å²) in [7, 11) is 0. The van der Waals surface area contributed by atoms with Crippen molar-refractivity contribution in [1.29, 1.82) is 0 Å². The monoisotopic (exact) mass is 462 g/mol. The van der Waals surface area contributed by atoms with Crippen LogP contribution in [0.15, 0.2) is 60.7 Å². The number of halogens is 1. The van der Waals surface area contributed by atoms with Crippen LogP contribution >= 0.6 is 0 Å². The quantitative estimate of drug-likeness (QED) is 0.542. The molecule has 0 aromatic heterocycles. The summed E-state index contributed by atoms with van der Waals surface area (Å²) >= 11 is 0. The second-order valence-corrected chi connectivity index (χ2v) is 9.09. The predicted octanol–water partition coefficient (Wildman–Crippen LogP) is 3.73. The van der Waals surface area contributed by atoms with Gasteiger partial charge in [0.1, 0.15) is 24.3 Å². The first-order valence-corrected chi connectivity index (χ1v) is 11.7. The van der Waals surface area contributed by atoms with Crippen LogP contribution in [0, 0.1) is 11.7 Å². The third kappa shape index (κ3) is 4.54. The summed E-state index contributed by atoms with van der Waals surface area (Å²) in [6.45, 7) is 2.58. The number of piperidine rings is 1. The van der Waals surface area contributed by atoms with E-state index in [9.17, 15) is 19.1 Å². The Labute approximate surface area is 197 Å². The van der Waals surface area contributed by atoms with Gasteiger partial charge in [-0.1, -0.05) is 24.3 Å². The van der Waals surface area contributed by atoms with Crippen molar-refractivity contribution in [2.45, 2.75) is 18.9 Å². The van der Waals surface area contributed by atoms with Crippen LogP contribution in [0.5, 0.6) is 5.75 Å². The van der Waals surface area contributed by atoms with E-state index in [4.69, 9.17) is 4.74 Å². The minimum Gasteiger partial charge on any atom is -0.491 e. The van der Waals surface area contributed by atoms with Crippen molar-refractivity contribution in [2.24, 2.45) is 5.92 Å². The fourth-order valence-corrected chi connectivity index (χ4v) is 4.93. The molecule has 176 valence electrons. The molecule has 0 saturated carbocycles. The molecule has 6 nitrogen and oxygen atoms in total. The van der Waals surface area contributed by atoms with Crippen LogP contribution < -0.4 is 4.74 Å². The van der Waals surface area contributed by atoms with Gasteiger partial charge in [0.05, 0.1) is 0 Å². The minimum absolute atomic E-state index is 0.132. The first kappa shape index (κ1) is 22.5. The molecule has 0 spiro atoms. The lowest BCUT2D eigenvalue weighted by Crippen LogP contribution is -2.46. The number of hydrogen-bond donors (Lipinski definition) is 1. The molecule has 2 amide bonds. The van der Waals surface area contributed by atoms with Gasteiger partial charge in [-0.25, -0.2) is 4.39 Å². The van der Waals surface area contributed by atoms with E-state index in [2.05, 4.69) is 4.90 Å². The summed E-state index contributed by atoms with van der Waals surface area (Å²) in [6, 6.07) is 16.9. The number of β-amino-alcohol motifs (C(OH)–C–C–N with tert-alkyl or cyclic N) is 1. The number of carbonyl (C=O) groups is 2. The second kappa shape index (κ2) is 9.52. The van der Waals surface area contributed by atoms with Gasteiger partial charge in [-0.2, -0.15) is 0 Å². The Hall–Kier alpha value is -3.29. The van der Waals surface area contributed by atoms with E-state index in [0.29, 0.717) is 30.0 Å². The average Bonchev–Trinajstić information content (AvgIpc) is 2.85. The van der Waals surface area contributed by atoms with Gasteiger partial charge in [0.15, 0.2) is 0 Å². The standard InChI is InChI=1S/C27H27FN2O4/c28-20-7-9-22(10-8-20)34-17-21(31)16-29-13-11-18(12-14-29)15-30-26(32)23-5-1-3-19-4-2-6-24(25(19)23)27(30)33/h1-10,18,21,31H,11-17H2/t21-/m1/s1. The number of ether oxygens (including phenoxy) is 1. The highest BCUT2D eigenvalue weighted by Gasteiger charge is 2.34. The molecule has 3 aromatic rings. The number of nitrogens with zero attached hydrogens (tertiary/aromatic N) is 2. The number of carbonyl (C=O) groups excluding carboxylic acids is 2. The normalized spacial score (nSPS) is 17.9. The number of rotatable bonds is 7. The van der Waals surface area contributed by atoms with Crippen LogP contribution in [0.25, 0.3) is 10.8 Å². The zero-order valence-corrected chi connectivity index (χ0v) is 18.8. The van der Waals surface area contributed by atoms with E-state index in [1.165, 1.54) is 29.2 Å². The van der Waals surface area contributed by atoms with Crippen LogP contribution in [0.4, 0.5) is 4.39 Å². The molecule has 2 heterocycles. The van der Waals surface area contributed by atoms with Crippen molar-refractivity contribution in [3.63, 3.8) is 0 Å². The maximum Gasteiger partial charge on any atom is 0.261 e. The van der Waals surface area contributed by atoms with Gasteiger partial charge >= 0.3 is 0 Å². The third-order valence-corrected chi connectivity index (χ3v) is 6.73. The van der Waals surface area contributed by atoms with Gasteiger partial charge in [0, 0.05) is 29.6 Å². The molecule has 1 atom stereocenters. The highest BCUT2D eigenvalue weighted by atomic mass is 19.1. The molecule has 5 rings (SSSR count). The van der Waals surface area contributed by atoms with Crippen LogP contribution in [-0.4, -0.2) is 65.6 Å². The lowest BCUT2D eigenvalue weighted by atomic mass is 9.91. The van der Waals surface area contributed by atoms with Gasteiger partial charge in [-0.3, -0.25) is 14.5 Å². The van der Waals surface area contributed by atoms with Crippen molar-refractivity contribution in [3.05, 3.63) is 77.6 Å². The Morgan fingerprint density at radius 2 is 1.56 bits per heavy atom. The molecule has 0 aliphatic carbocycles. The summed E-state index contributed by atoms with van der Waals surface area (Å²) in [5.41, 5.74) is 1.18. The van der Waals surface area contributed by atoms with Gasteiger partial charge < -0.3 is 14.7 Å². The van der Waals surface area contributed by atoms with Gasteiger partial charge in [0.2, 0.25) is 0 Å². The van der Waals surface area contributed by atoms with E-state index in [0.717, 1.165) is 36.7 Å². The number of likely N-dealkylation sites (tertiary alicyclic amines) is 1. The average molecular weight is 463 g/mol. The number of aliphatic hydroxyl groups excluding tert-OH is 1. The molecule has 1 saturated heterocycles. The van der Waals surface area contributed by atoms with Crippen LogP contribution in [0.3, 0.4) is 0 Å². The number of imide groups is 1. The Kier molecular flexibility index (Phi) is 6.30. The molecule has 1 N–H and O–H groups in total. The van der Waals surface area contributed by atoms with E-state index >= 15 is 0 Å². The number of aliphatic hydroxyl groups is 1. The van der Waals surface area contributed by atoms with E-state index in [1.54, 1.807) is 12.1 Å². The predicted molar refractivity (Wildman–Crippen MR) is 126 cm³/mol. The minimum atomic E-state index is -0.663. The van der Waals surface area contributed by atoms with Crippen molar-refractivity contribution in [1.82, 2.24) is 9.80 Å². The van der Waals surface area contributed by atoms with Crippen LogP contribution in [0.1, 0.15) is 33.6 Å². The van der Waals surface area contributed by atoms with E-state index in [-0.39, 0.29) is 30.2 Å². The Bertz CT molecular complexity index is 1150. The summed E-state index contributed by atoms with van der Waals surface area (Å²) in [6.07, 6.45) is 1.02. The SMILES string of the molecule is O=C1c2cccc3cccc(c23)C(=O)N1CC1CCN(C[C@@H](O)COc2ccc(F)cc2)CC1. The molecule has 0 unspecified atom stereocenters. The Balaban J connectivity index is 1.14. The van der Waals surface area contributed by atoms with Crippen molar-refractivity contribution in [3.8, 4) is 5.75 Å². The first-order valence-electron chi connectivity index (χ1n) is 11.7. The number of benzene rings is 3. The second-order valence-electron chi connectivity index (χ2n) is 9.09. The van der Waals surface area contributed by atoms with Crippen molar-refractivity contribution >= 4 is 22.6 Å². The Morgan fingerprint density at radius 1 is 0.941 bits per heavy atom. The number of amides is 2. The summed E-state index contributed by atoms with van der Waals surface area (Å²) in [4.78, 5) is 29.8. The van der Waals surface area contributed by atoms with Gasteiger partial charge in [0.25, 0.3) is 11.8 Å². The fourth-order valence-electron chi connectivity index (χ4n) is 4.93. The smallest absolute Gasteiger partial charge is 0.261 e. The van der Waals surface area contributed by atoms with Gasteiger partial charge in [-0.15, -0.1) is 0 Å². The Morgan fingerprint density at radius 3 is 2.18 bits per heavy atom. The maximum atomic E-state index is 13.1. The highest BCUT2D eigenvalue weighted by Crippen LogP contribution is 2.31. The molecule has 0 radical (unpaired) electrons. The van der Waals surface area contributed by atoms with E-state index in [1.807, 2.05) is 24.3 Å². The number of hydrogen-bond acceptors (Lipinski definition) is 5. The zero-order chi connectivity index (χ0) is 23.7. The molecule has 7 heteroatoms. The fraction of sp³-hybridized carbons (Fsp3) is 0.333. The lowest BCUT2D eigenvalue weighted by molar-refractivity contribution is 0.0453. The molecule has 3 aromatic carbocycles. The third-order valence-electron chi connectivity index (χ3n) is 6.73. The first-order chi connectivity index (χ1) is 16.5. The topological polar surface area (TPSA) is 70.1 Å². The van der Waals surface area contributed by atoms with Gasteiger partial charge in [-0.05, 0) is 73.6 Å². The summed E-state index contributed by atoms with van der Waals surface area (Å²) in [5.74, 6) is -0.0197. The highest BCUT2D eigenvalue weighted by molar-refractivity contribution is 6.25. The molecule has 2 aliphatic rings. The largest absolute Gasteiger partial charge is 0.491 e. The van der Waals surface area contributed by atoms with Crippen LogP contribution in [0.2, 0.25) is 0 Å². The molecule has 0 bridgehead atoms. The molecule has 34 heavy (non-hydrogen) atoms. The molecular formula is C27H27FN2O4. The van der Waals surface area contributed by atoms with Crippen molar-refractivity contribution < 1.29 is 23.8 Å². The van der Waals surface area contributed by atoms with Crippen molar-refractivity contribution in [2.75, 3.05) is 32.8 Å². The van der Waals surface area contributed by atoms with E-state index < -0.39 is 6.10 Å².